The van der Waals surface area contributed by atoms with Crippen LogP contribution in [-0.4, -0.2) is 42.0 Å². The number of alkyl halides is 1. The molecule has 0 aliphatic carbocycles. The van der Waals surface area contributed by atoms with Crippen molar-refractivity contribution in [2.24, 2.45) is 0 Å². The fourth-order valence-corrected chi connectivity index (χ4v) is 3.52. The summed E-state index contributed by atoms with van der Waals surface area (Å²) in [6.45, 7) is 4.63. The largest absolute Gasteiger partial charge is 0.457 e. The third-order valence-electron chi connectivity index (χ3n) is 4.16. The number of benzene rings is 1. The quantitative estimate of drug-likeness (QED) is 0.588. The van der Waals surface area contributed by atoms with Crippen molar-refractivity contribution < 1.29 is 28.9 Å². The minimum Gasteiger partial charge on any atom is -0.457 e. The molecule has 0 spiro atoms. The fourth-order valence-electron chi connectivity index (χ4n) is 3.00. The molecule has 1 aliphatic rings. The summed E-state index contributed by atoms with van der Waals surface area (Å²) < 4.78 is 16.2. The molecule has 0 saturated carbocycles. The second-order valence-electron chi connectivity index (χ2n) is 5.98. The number of hydrogen-bond donors (Lipinski definition) is 1. The highest BCUT2D eigenvalue weighted by atomic mass is 79.9. The number of aliphatic hydroxyl groups excluding tert-OH is 1. The van der Waals surface area contributed by atoms with E-state index in [4.69, 9.17) is 14.2 Å². The highest BCUT2D eigenvalue weighted by molar-refractivity contribution is 9.08. The van der Waals surface area contributed by atoms with Crippen LogP contribution >= 0.6 is 15.9 Å². The van der Waals surface area contributed by atoms with Crippen LogP contribution in [0.1, 0.15) is 43.6 Å². The lowest BCUT2D eigenvalue weighted by Gasteiger charge is -2.39. The minimum atomic E-state index is -1.16. The molecule has 7 heteroatoms. The number of esters is 2. The SMILES string of the molecule is CCc1ccc([C@@H]2OC[C@@H](OC(C)=O)[C@H](O)[C@H]2OC(C)=O)cc1CBr. The zero-order valence-corrected chi connectivity index (χ0v) is 16.1. The summed E-state index contributed by atoms with van der Waals surface area (Å²) in [4.78, 5) is 22.7. The summed E-state index contributed by atoms with van der Waals surface area (Å²) in [5, 5.41) is 11.2. The van der Waals surface area contributed by atoms with Crippen LogP contribution in [0.5, 0.6) is 0 Å². The number of carbonyl (C=O) groups is 2. The molecule has 0 unspecified atom stereocenters. The maximum atomic E-state index is 11.5. The molecule has 0 bridgehead atoms. The second kappa shape index (κ2) is 8.78. The number of carbonyl (C=O) groups excluding carboxylic acids is 2. The first-order valence-corrected chi connectivity index (χ1v) is 9.31. The lowest BCUT2D eigenvalue weighted by molar-refractivity contribution is -0.217. The average molecular weight is 415 g/mol. The van der Waals surface area contributed by atoms with E-state index in [0.29, 0.717) is 5.33 Å². The van der Waals surface area contributed by atoms with Gasteiger partial charge < -0.3 is 19.3 Å². The third-order valence-corrected chi connectivity index (χ3v) is 4.76. The molecule has 0 radical (unpaired) electrons. The highest BCUT2D eigenvalue weighted by Crippen LogP contribution is 2.34. The van der Waals surface area contributed by atoms with Crippen molar-refractivity contribution in [3.63, 3.8) is 0 Å². The van der Waals surface area contributed by atoms with Crippen LogP contribution in [0.15, 0.2) is 18.2 Å². The first-order chi connectivity index (χ1) is 11.9. The van der Waals surface area contributed by atoms with E-state index in [1.54, 1.807) is 0 Å². The van der Waals surface area contributed by atoms with Crippen LogP contribution in [0.4, 0.5) is 0 Å². The topological polar surface area (TPSA) is 82.1 Å². The molecular weight excluding hydrogens is 392 g/mol. The number of aliphatic hydroxyl groups is 1. The first kappa shape index (κ1) is 19.9. The van der Waals surface area contributed by atoms with E-state index < -0.39 is 36.4 Å². The van der Waals surface area contributed by atoms with E-state index in [9.17, 15) is 14.7 Å². The number of aryl methyl sites for hydroxylation is 1. The Balaban J connectivity index is 2.31. The average Bonchev–Trinajstić information content (AvgIpc) is 2.57. The van der Waals surface area contributed by atoms with E-state index in [2.05, 4.69) is 22.9 Å². The molecule has 0 amide bonds. The predicted molar refractivity (Wildman–Crippen MR) is 94.3 cm³/mol. The number of rotatable bonds is 5. The molecule has 1 heterocycles. The van der Waals surface area contributed by atoms with E-state index in [0.717, 1.165) is 17.5 Å². The summed E-state index contributed by atoms with van der Waals surface area (Å²) in [6, 6.07) is 5.89. The maximum absolute atomic E-state index is 11.5. The summed E-state index contributed by atoms with van der Waals surface area (Å²) in [5.74, 6) is -1.06. The standard InChI is InChI=1S/C18H23BrO6/c1-4-12-5-6-13(7-14(12)8-19)17-18(25-11(3)21)16(22)15(9-23-17)24-10(2)20/h5-7,15-18,22H,4,8-9H2,1-3H3/t15-,16+,17+,18-/m1/s1. The summed E-state index contributed by atoms with van der Waals surface area (Å²) >= 11 is 3.48. The molecule has 0 aromatic heterocycles. The lowest BCUT2D eigenvalue weighted by Crippen LogP contribution is -2.52. The Morgan fingerprint density at radius 1 is 1.24 bits per heavy atom. The Morgan fingerprint density at radius 2 is 1.92 bits per heavy atom. The molecule has 4 atom stereocenters. The Hall–Kier alpha value is -1.44. The second-order valence-corrected chi connectivity index (χ2v) is 6.54. The van der Waals surface area contributed by atoms with Gasteiger partial charge in [0.15, 0.2) is 12.2 Å². The van der Waals surface area contributed by atoms with Gasteiger partial charge in [-0.25, -0.2) is 0 Å². The van der Waals surface area contributed by atoms with Crippen LogP contribution in [0, 0.1) is 0 Å². The van der Waals surface area contributed by atoms with Crippen LogP contribution in [-0.2, 0) is 35.6 Å². The van der Waals surface area contributed by atoms with Gasteiger partial charge in [-0.05, 0) is 23.1 Å². The van der Waals surface area contributed by atoms with Crippen molar-refractivity contribution >= 4 is 27.9 Å². The Bertz CT molecular complexity index is 632. The van der Waals surface area contributed by atoms with Gasteiger partial charge in [-0.1, -0.05) is 41.1 Å². The molecule has 1 N–H and O–H groups in total. The molecule has 1 aromatic carbocycles. The normalized spacial score (nSPS) is 26.1. The van der Waals surface area contributed by atoms with E-state index in [1.807, 2.05) is 18.2 Å². The molecule has 1 aromatic rings. The van der Waals surface area contributed by atoms with E-state index in [1.165, 1.54) is 19.4 Å². The van der Waals surface area contributed by atoms with Gasteiger partial charge >= 0.3 is 11.9 Å². The number of ether oxygens (including phenoxy) is 3. The van der Waals surface area contributed by atoms with Gasteiger partial charge in [0.05, 0.1) is 6.61 Å². The van der Waals surface area contributed by atoms with Crippen LogP contribution < -0.4 is 0 Å². The van der Waals surface area contributed by atoms with Crippen molar-refractivity contribution in [1.29, 1.82) is 0 Å². The third kappa shape index (κ3) is 4.80. The maximum Gasteiger partial charge on any atom is 0.303 e. The zero-order valence-electron chi connectivity index (χ0n) is 14.5. The van der Waals surface area contributed by atoms with Crippen molar-refractivity contribution in [2.45, 2.75) is 56.9 Å². The molecule has 2 rings (SSSR count). The monoisotopic (exact) mass is 414 g/mol. The van der Waals surface area contributed by atoms with Crippen LogP contribution in [0.2, 0.25) is 0 Å². The van der Waals surface area contributed by atoms with Gasteiger partial charge in [0.25, 0.3) is 0 Å². The molecule has 1 saturated heterocycles. The van der Waals surface area contributed by atoms with Gasteiger partial charge in [0, 0.05) is 19.2 Å². The lowest BCUT2D eigenvalue weighted by atomic mass is 9.92. The Morgan fingerprint density at radius 3 is 2.48 bits per heavy atom. The van der Waals surface area contributed by atoms with Gasteiger partial charge in [-0.3, -0.25) is 9.59 Å². The predicted octanol–water partition coefficient (Wildman–Crippen LogP) is 2.44. The van der Waals surface area contributed by atoms with Gasteiger partial charge in [-0.2, -0.15) is 0 Å². The Kier molecular flexibility index (Phi) is 6.98. The zero-order chi connectivity index (χ0) is 18.6. The van der Waals surface area contributed by atoms with E-state index in [-0.39, 0.29) is 6.61 Å². The minimum absolute atomic E-state index is 0.0301. The fraction of sp³-hybridized carbons (Fsp3) is 0.556. The van der Waals surface area contributed by atoms with Crippen molar-refractivity contribution in [1.82, 2.24) is 0 Å². The molecule has 1 fully saturated rings. The van der Waals surface area contributed by atoms with Crippen LogP contribution in [0.3, 0.4) is 0 Å². The summed E-state index contributed by atoms with van der Waals surface area (Å²) in [6.07, 6.45) is -2.72. The molecule has 1 aliphatic heterocycles. The molecular formula is C18H23BrO6. The van der Waals surface area contributed by atoms with Crippen molar-refractivity contribution in [3.05, 3.63) is 34.9 Å². The molecule has 6 nitrogen and oxygen atoms in total. The smallest absolute Gasteiger partial charge is 0.303 e. The van der Waals surface area contributed by atoms with Gasteiger partial charge in [0.1, 0.15) is 12.2 Å². The molecule has 25 heavy (non-hydrogen) atoms. The summed E-state index contributed by atoms with van der Waals surface area (Å²) in [7, 11) is 0. The molecule has 138 valence electrons. The first-order valence-electron chi connectivity index (χ1n) is 8.19. The van der Waals surface area contributed by atoms with Crippen molar-refractivity contribution in [3.8, 4) is 0 Å². The van der Waals surface area contributed by atoms with Crippen molar-refractivity contribution in [2.75, 3.05) is 6.61 Å². The Labute approximate surface area is 155 Å². The number of halogens is 1. The highest BCUT2D eigenvalue weighted by Gasteiger charge is 2.44. The van der Waals surface area contributed by atoms with Gasteiger partial charge in [0.2, 0.25) is 0 Å². The van der Waals surface area contributed by atoms with Gasteiger partial charge in [-0.15, -0.1) is 0 Å². The van der Waals surface area contributed by atoms with E-state index >= 15 is 0 Å². The summed E-state index contributed by atoms with van der Waals surface area (Å²) in [5.41, 5.74) is 3.12. The number of hydrogen-bond acceptors (Lipinski definition) is 6. The van der Waals surface area contributed by atoms with Crippen LogP contribution in [0.25, 0.3) is 0 Å².